The van der Waals surface area contributed by atoms with Crippen LogP contribution in [0.5, 0.6) is 0 Å². The summed E-state index contributed by atoms with van der Waals surface area (Å²) in [5, 5.41) is 3.24. The summed E-state index contributed by atoms with van der Waals surface area (Å²) in [5.74, 6) is 1.97. The Kier molecular flexibility index (Phi) is 3.72. The zero-order valence-corrected chi connectivity index (χ0v) is 9.44. The third-order valence-electron chi connectivity index (χ3n) is 2.37. The van der Waals surface area contributed by atoms with Crippen molar-refractivity contribution < 1.29 is 4.42 Å². The first-order valence-electron chi connectivity index (χ1n) is 5.55. The van der Waals surface area contributed by atoms with Crippen LogP contribution in [0.25, 0.3) is 0 Å². The molecule has 0 aliphatic carbocycles. The molecule has 2 rings (SSSR count). The van der Waals surface area contributed by atoms with Crippen LogP contribution in [-0.4, -0.2) is 11.5 Å². The lowest BCUT2D eigenvalue weighted by Gasteiger charge is -1.98. The van der Waals surface area contributed by atoms with Crippen molar-refractivity contribution in [2.24, 2.45) is 0 Å². The Morgan fingerprint density at radius 3 is 2.88 bits per heavy atom. The Labute approximate surface area is 95.5 Å². The van der Waals surface area contributed by atoms with E-state index in [-0.39, 0.29) is 0 Å². The molecule has 3 nitrogen and oxygen atoms in total. The van der Waals surface area contributed by atoms with Crippen LogP contribution in [-0.2, 0) is 13.0 Å². The van der Waals surface area contributed by atoms with Crippen LogP contribution in [0.3, 0.4) is 0 Å². The van der Waals surface area contributed by atoms with E-state index in [2.05, 4.69) is 23.3 Å². The third-order valence-corrected chi connectivity index (χ3v) is 2.37. The molecule has 0 fully saturated rings. The smallest absolute Gasteiger partial charge is 0.117 e. The molecule has 2 heterocycles. The number of aromatic nitrogens is 1. The summed E-state index contributed by atoms with van der Waals surface area (Å²) >= 11 is 0. The third kappa shape index (κ3) is 2.94. The second-order valence-corrected chi connectivity index (χ2v) is 3.69. The van der Waals surface area contributed by atoms with Gasteiger partial charge in [0, 0.05) is 18.8 Å². The number of pyridine rings is 1. The maximum absolute atomic E-state index is 5.70. The van der Waals surface area contributed by atoms with Crippen molar-refractivity contribution in [1.29, 1.82) is 0 Å². The minimum atomic E-state index is 0.795. The average Bonchev–Trinajstić information content (AvgIpc) is 2.75. The number of furan rings is 1. The van der Waals surface area contributed by atoms with Crippen molar-refractivity contribution >= 4 is 0 Å². The molecule has 0 atom stereocenters. The van der Waals surface area contributed by atoms with E-state index in [0.29, 0.717) is 0 Å². The van der Waals surface area contributed by atoms with E-state index >= 15 is 0 Å². The molecule has 84 valence electrons. The Bertz CT molecular complexity index is 423. The first-order valence-corrected chi connectivity index (χ1v) is 5.55. The monoisotopic (exact) mass is 216 g/mol. The van der Waals surface area contributed by atoms with Crippen molar-refractivity contribution in [1.82, 2.24) is 10.3 Å². The molecule has 0 aliphatic heterocycles. The van der Waals surface area contributed by atoms with Crippen LogP contribution in [0.15, 0.2) is 41.1 Å². The molecule has 0 radical (unpaired) electrons. The van der Waals surface area contributed by atoms with Crippen molar-refractivity contribution in [3.8, 4) is 0 Å². The highest BCUT2D eigenvalue weighted by Gasteiger charge is 2.02. The van der Waals surface area contributed by atoms with E-state index in [0.717, 1.165) is 31.0 Å². The van der Waals surface area contributed by atoms with Gasteiger partial charge < -0.3 is 9.73 Å². The predicted octanol–water partition coefficient (Wildman–Crippen LogP) is 2.37. The van der Waals surface area contributed by atoms with Gasteiger partial charge in [-0.25, -0.2) is 0 Å². The average molecular weight is 216 g/mol. The van der Waals surface area contributed by atoms with Crippen LogP contribution in [0, 0.1) is 0 Å². The second-order valence-electron chi connectivity index (χ2n) is 3.69. The van der Waals surface area contributed by atoms with Crippen LogP contribution in [0.1, 0.15) is 24.0 Å². The first-order chi connectivity index (χ1) is 7.88. The van der Waals surface area contributed by atoms with Gasteiger partial charge in [-0.1, -0.05) is 13.0 Å². The zero-order chi connectivity index (χ0) is 11.2. The molecule has 3 heteroatoms. The molecular weight excluding hydrogens is 200 g/mol. The fourth-order valence-electron chi connectivity index (χ4n) is 1.56. The summed E-state index contributed by atoms with van der Waals surface area (Å²) in [5.41, 5.74) is 1.17. The fourth-order valence-corrected chi connectivity index (χ4v) is 1.56. The number of nitrogens with zero attached hydrogens (tertiary/aromatic N) is 1. The second kappa shape index (κ2) is 5.47. The molecule has 1 N–H and O–H groups in total. The Morgan fingerprint density at radius 1 is 1.25 bits per heavy atom. The zero-order valence-electron chi connectivity index (χ0n) is 9.44. The standard InChI is InChI=1S/C13H16N2O/c1-2-14-10-13-6-5-12(16-13)8-11-4-3-7-15-9-11/h3-7,9,14H,2,8,10H2,1H3. The molecule has 0 amide bonds. The largest absolute Gasteiger partial charge is 0.464 e. The highest BCUT2D eigenvalue weighted by atomic mass is 16.3. The van der Waals surface area contributed by atoms with E-state index in [1.54, 1.807) is 6.20 Å². The SMILES string of the molecule is CCNCc1ccc(Cc2cccnc2)o1. The van der Waals surface area contributed by atoms with Gasteiger partial charge in [0.15, 0.2) is 0 Å². The van der Waals surface area contributed by atoms with Gasteiger partial charge in [-0.05, 0) is 30.3 Å². The van der Waals surface area contributed by atoms with Crippen LogP contribution in [0.4, 0.5) is 0 Å². The van der Waals surface area contributed by atoms with Crippen LogP contribution >= 0.6 is 0 Å². The first kappa shape index (κ1) is 10.9. The fraction of sp³-hybridized carbons (Fsp3) is 0.308. The Hall–Kier alpha value is -1.61. The molecule has 2 aromatic heterocycles. The van der Waals surface area contributed by atoms with Gasteiger partial charge in [0.05, 0.1) is 6.54 Å². The molecule has 0 unspecified atom stereocenters. The minimum Gasteiger partial charge on any atom is -0.464 e. The van der Waals surface area contributed by atoms with Crippen molar-refractivity contribution in [2.45, 2.75) is 19.9 Å². The molecule has 0 aliphatic rings. The van der Waals surface area contributed by atoms with Gasteiger partial charge in [0.1, 0.15) is 11.5 Å². The summed E-state index contributed by atoms with van der Waals surface area (Å²) in [6.45, 7) is 3.83. The number of rotatable bonds is 5. The Morgan fingerprint density at radius 2 is 2.12 bits per heavy atom. The number of nitrogens with one attached hydrogen (secondary N) is 1. The number of hydrogen-bond donors (Lipinski definition) is 1. The molecule has 2 aromatic rings. The highest BCUT2D eigenvalue weighted by molar-refractivity contribution is 5.18. The topological polar surface area (TPSA) is 38.1 Å². The van der Waals surface area contributed by atoms with Gasteiger partial charge in [-0.3, -0.25) is 4.98 Å². The predicted molar refractivity (Wildman–Crippen MR) is 63.1 cm³/mol. The molecule has 0 saturated carbocycles. The normalized spacial score (nSPS) is 10.6. The molecule has 0 spiro atoms. The minimum absolute atomic E-state index is 0.795. The lowest BCUT2D eigenvalue weighted by atomic mass is 10.2. The molecule has 0 saturated heterocycles. The van der Waals surface area contributed by atoms with E-state index < -0.39 is 0 Å². The van der Waals surface area contributed by atoms with E-state index in [4.69, 9.17) is 4.42 Å². The van der Waals surface area contributed by atoms with Gasteiger partial charge in [0.2, 0.25) is 0 Å². The van der Waals surface area contributed by atoms with Gasteiger partial charge in [-0.15, -0.1) is 0 Å². The lowest BCUT2D eigenvalue weighted by molar-refractivity contribution is 0.456. The van der Waals surface area contributed by atoms with Gasteiger partial charge in [0.25, 0.3) is 0 Å². The number of hydrogen-bond acceptors (Lipinski definition) is 3. The molecule has 16 heavy (non-hydrogen) atoms. The van der Waals surface area contributed by atoms with E-state index in [1.165, 1.54) is 5.56 Å². The summed E-state index contributed by atoms with van der Waals surface area (Å²) in [7, 11) is 0. The molecular formula is C13H16N2O. The highest BCUT2D eigenvalue weighted by Crippen LogP contribution is 2.12. The van der Waals surface area contributed by atoms with E-state index in [1.807, 2.05) is 24.4 Å². The summed E-state index contributed by atoms with van der Waals surface area (Å²) in [4.78, 5) is 4.08. The maximum Gasteiger partial charge on any atom is 0.117 e. The summed E-state index contributed by atoms with van der Waals surface area (Å²) in [6.07, 6.45) is 4.45. The molecule has 0 aromatic carbocycles. The van der Waals surface area contributed by atoms with Gasteiger partial charge >= 0.3 is 0 Å². The van der Waals surface area contributed by atoms with Crippen molar-refractivity contribution in [3.63, 3.8) is 0 Å². The Balaban J connectivity index is 1.97. The summed E-state index contributed by atoms with van der Waals surface area (Å²) in [6, 6.07) is 8.05. The van der Waals surface area contributed by atoms with Crippen molar-refractivity contribution in [2.75, 3.05) is 6.54 Å². The summed E-state index contributed by atoms with van der Waals surface area (Å²) < 4.78 is 5.70. The van der Waals surface area contributed by atoms with Crippen molar-refractivity contribution in [3.05, 3.63) is 53.7 Å². The quantitative estimate of drug-likeness (QED) is 0.833. The lowest BCUT2D eigenvalue weighted by Crippen LogP contribution is -2.10. The van der Waals surface area contributed by atoms with E-state index in [9.17, 15) is 0 Å². The maximum atomic E-state index is 5.70. The van der Waals surface area contributed by atoms with Gasteiger partial charge in [-0.2, -0.15) is 0 Å². The van der Waals surface area contributed by atoms with Crippen LogP contribution in [0.2, 0.25) is 0 Å². The molecule has 0 bridgehead atoms. The van der Waals surface area contributed by atoms with Crippen LogP contribution < -0.4 is 5.32 Å².